The van der Waals surface area contributed by atoms with E-state index in [1.165, 1.54) is 11.9 Å². The molecule has 4 rings (SSSR count). The number of rotatable bonds is 3. The summed E-state index contributed by atoms with van der Waals surface area (Å²) in [6, 6.07) is 20.0. The minimum Gasteiger partial charge on any atom is -0.507 e. The second-order valence-electron chi connectivity index (χ2n) is 5.98. The van der Waals surface area contributed by atoms with E-state index in [1.54, 1.807) is 4.68 Å². The van der Waals surface area contributed by atoms with E-state index in [4.69, 9.17) is 0 Å². The van der Waals surface area contributed by atoms with Crippen LogP contribution in [0.3, 0.4) is 0 Å². The maximum atomic E-state index is 10.7. The molecule has 5 heteroatoms. The van der Waals surface area contributed by atoms with Crippen molar-refractivity contribution in [1.29, 1.82) is 0 Å². The van der Waals surface area contributed by atoms with Gasteiger partial charge in [-0.2, -0.15) is 0 Å². The van der Waals surface area contributed by atoms with E-state index in [2.05, 4.69) is 39.5 Å². The summed E-state index contributed by atoms with van der Waals surface area (Å²) in [6.45, 7) is 0.422. The molecular weight excluding hydrogens is 324 g/mol. The molecule has 0 aliphatic carbocycles. The van der Waals surface area contributed by atoms with Gasteiger partial charge in [-0.05, 0) is 39.1 Å². The van der Waals surface area contributed by atoms with Crippen LogP contribution in [0.1, 0.15) is 16.7 Å². The minimum atomic E-state index is 0.315. The van der Waals surface area contributed by atoms with Crippen molar-refractivity contribution < 1.29 is 5.11 Å². The van der Waals surface area contributed by atoms with E-state index >= 15 is 0 Å². The fourth-order valence-electron chi connectivity index (χ4n) is 2.86. The van der Waals surface area contributed by atoms with Crippen LogP contribution in [0.2, 0.25) is 0 Å². The van der Waals surface area contributed by atoms with E-state index in [9.17, 15) is 5.11 Å². The van der Waals surface area contributed by atoms with E-state index in [1.807, 2.05) is 48.5 Å². The summed E-state index contributed by atoms with van der Waals surface area (Å²) in [4.78, 5) is 0. The topological polar surface area (TPSA) is 63.8 Å². The van der Waals surface area contributed by atoms with Crippen LogP contribution < -0.4 is 0 Å². The normalized spacial score (nSPS) is 10.5. The lowest BCUT2D eigenvalue weighted by Crippen LogP contribution is -1.95. The summed E-state index contributed by atoms with van der Waals surface area (Å²) in [6.07, 6.45) is 2.22. The average Bonchev–Trinajstić information content (AvgIpc) is 3.19. The molecule has 26 heavy (non-hydrogen) atoms. The van der Waals surface area contributed by atoms with Gasteiger partial charge in [0.25, 0.3) is 0 Å². The smallest absolute Gasteiger partial charge is 0.139 e. The third kappa shape index (κ3) is 3.40. The summed E-state index contributed by atoms with van der Waals surface area (Å²) in [5, 5.41) is 23.5. The van der Waals surface area contributed by atoms with Crippen LogP contribution in [0.25, 0.3) is 10.8 Å². The predicted octanol–water partition coefficient (Wildman–Crippen LogP) is 3.17. The molecule has 0 unspecified atom stereocenters. The largest absolute Gasteiger partial charge is 0.507 e. The molecule has 0 amide bonds. The Labute approximate surface area is 150 Å². The summed E-state index contributed by atoms with van der Waals surface area (Å²) >= 11 is 0. The third-order valence-corrected chi connectivity index (χ3v) is 4.18. The quantitative estimate of drug-likeness (QED) is 0.582. The van der Waals surface area contributed by atoms with Crippen molar-refractivity contribution in [3.05, 3.63) is 83.7 Å². The van der Waals surface area contributed by atoms with Crippen molar-refractivity contribution in [2.75, 3.05) is 0 Å². The first-order chi connectivity index (χ1) is 12.8. The maximum Gasteiger partial charge on any atom is 0.139 e. The van der Waals surface area contributed by atoms with Crippen molar-refractivity contribution >= 4 is 10.8 Å². The number of aromatic hydroxyl groups is 1. The molecule has 3 aromatic carbocycles. The van der Waals surface area contributed by atoms with Crippen LogP contribution in [0.15, 0.2) is 67.0 Å². The Balaban J connectivity index is 1.64. The molecule has 0 bridgehead atoms. The van der Waals surface area contributed by atoms with Crippen LogP contribution in [-0.4, -0.2) is 25.3 Å². The lowest BCUT2D eigenvalue weighted by Gasteiger charge is -2.09. The highest BCUT2D eigenvalue weighted by molar-refractivity contribution is 5.90. The van der Waals surface area contributed by atoms with Crippen LogP contribution in [0.4, 0.5) is 0 Å². The molecular formula is C21H16N4O. The number of phenols is 1. The molecule has 1 aromatic heterocycles. The fraction of sp³-hybridized carbons (Fsp3) is 0.0952. The molecule has 0 saturated carbocycles. The first-order valence-electron chi connectivity index (χ1n) is 8.28. The third-order valence-electron chi connectivity index (χ3n) is 4.18. The Morgan fingerprint density at radius 3 is 2.65 bits per heavy atom. The van der Waals surface area contributed by atoms with Gasteiger partial charge < -0.3 is 5.11 Å². The SMILES string of the molecule is Oc1c(Cc2ccccc2)ccc2ccc(C#CCn3cnnn3)cc12. The monoisotopic (exact) mass is 340 g/mol. The Bertz CT molecular complexity index is 1090. The highest BCUT2D eigenvalue weighted by Gasteiger charge is 2.07. The van der Waals surface area contributed by atoms with Gasteiger partial charge in [-0.25, -0.2) is 4.68 Å². The van der Waals surface area contributed by atoms with Gasteiger partial charge in [0.15, 0.2) is 0 Å². The van der Waals surface area contributed by atoms with E-state index in [0.29, 0.717) is 18.7 Å². The van der Waals surface area contributed by atoms with Gasteiger partial charge in [-0.15, -0.1) is 5.10 Å². The Morgan fingerprint density at radius 1 is 1.00 bits per heavy atom. The molecule has 1 heterocycles. The van der Waals surface area contributed by atoms with Crippen molar-refractivity contribution in [1.82, 2.24) is 20.2 Å². The molecule has 0 radical (unpaired) electrons. The maximum absolute atomic E-state index is 10.7. The zero-order valence-electron chi connectivity index (χ0n) is 14.0. The summed E-state index contributed by atoms with van der Waals surface area (Å²) in [5.74, 6) is 6.44. The Hall–Kier alpha value is -3.65. The van der Waals surface area contributed by atoms with Gasteiger partial charge in [-0.1, -0.05) is 60.4 Å². The molecule has 5 nitrogen and oxygen atoms in total. The highest BCUT2D eigenvalue weighted by Crippen LogP contribution is 2.31. The second kappa shape index (κ2) is 7.08. The Morgan fingerprint density at radius 2 is 1.85 bits per heavy atom. The van der Waals surface area contributed by atoms with E-state index in [0.717, 1.165) is 21.9 Å². The zero-order valence-corrected chi connectivity index (χ0v) is 14.0. The number of benzene rings is 3. The van der Waals surface area contributed by atoms with Gasteiger partial charge in [-0.3, -0.25) is 0 Å². The van der Waals surface area contributed by atoms with Crippen LogP contribution in [0, 0.1) is 11.8 Å². The molecule has 0 aliphatic rings. The molecule has 0 atom stereocenters. The lowest BCUT2D eigenvalue weighted by atomic mass is 9.98. The molecule has 1 N–H and O–H groups in total. The van der Waals surface area contributed by atoms with Crippen molar-refractivity contribution in [3.8, 4) is 17.6 Å². The van der Waals surface area contributed by atoms with Crippen molar-refractivity contribution in [2.24, 2.45) is 0 Å². The first kappa shape index (κ1) is 15.9. The van der Waals surface area contributed by atoms with Gasteiger partial charge >= 0.3 is 0 Å². The predicted molar refractivity (Wildman–Crippen MR) is 99.6 cm³/mol. The number of phenolic OH excluding ortho intramolecular Hbond substituents is 1. The minimum absolute atomic E-state index is 0.315. The zero-order chi connectivity index (χ0) is 17.8. The molecule has 0 spiro atoms. The fourth-order valence-corrected chi connectivity index (χ4v) is 2.86. The number of aromatic nitrogens is 4. The molecule has 126 valence electrons. The van der Waals surface area contributed by atoms with Gasteiger partial charge in [0, 0.05) is 17.4 Å². The number of fused-ring (bicyclic) bond motifs is 1. The number of nitrogens with zero attached hydrogens (tertiary/aromatic N) is 4. The van der Waals surface area contributed by atoms with E-state index < -0.39 is 0 Å². The number of hydrogen-bond acceptors (Lipinski definition) is 4. The van der Waals surface area contributed by atoms with Crippen molar-refractivity contribution in [3.63, 3.8) is 0 Å². The van der Waals surface area contributed by atoms with E-state index in [-0.39, 0.29) is 0 Å². The van der Waals surface area contributed by atoms with Gasteiger partial charge in [0.05, 0.1) is 0 Å². The van der Waals surface area contributed by atoms with Crippen LogP contribution in [-0.2, 0) is 13.0 Å². The molecule has 4 aromatic rings. The summed E-state index contributed by atoms with van der Waals surface area (Å²) in [5.41, 5.74) is 2.92. The molecule has 0 fully saturated rings. The number of hydrogen-bond donors (Lipinski definition) is 1. The van der Waals surface area contributed by atoms with Crippen LogP contribution >= 0.6 is 0 Å². The lowest BCUT2D eigenvalue weighted by molar-refractivity contribution is 0.476. The molecule has 0 aliphatic heterocycles. The highest BCUT2D eigenvalue weighted by atomic mass is 16.3. The summed E-state index contributed by atoms with van der Waals surface area (Å²) in [7, 11) is 0. The second-order valence-corrected chi connectivity index (χ2v) is 5.98. The Kier molecular flexibility index (Phi) is 4.31. The molecule has 0 saturated heterocycles. The number of tetrazole rings is 1. The summed E-state index contributed by atoms with van der Waals surface area (Å²) < 4.78 is 1.56. The van der Waals surface area contributed by atoms with Gasteiger partial charge in [0.1, 0.15) is 18.6 Å². The average molecular weight is 340 g/mol. The van der Waals surface area contributed by atoms with Crippen LogP contribution in [0.5, 0.6) is 5.75 Å². The first-order valence-corrected chi connectivity index (χ1v) is 8.28. The van der Waals surface area contributed by atoms with Crippen molar-refractivity contribution in [2.45, 2.75) is 13.0 Å². The standard InChI is InChI=1S/C21H16N4O/c26-21-19(13-16-5-2-1-3-6-16)11-10-18-9-8-17(14-20(18)21)7-4-12-25-15-22-23-24-25/h1-3,5-6,8-11,14-15,26H,12-13H2. The van der Waals surface area contributed by atoms with Gasteiger partial charge in [0.2, 0.25) is 0 Å².